The molecule has 1 aliphatic rings. The van der Waals surface area contributed by atoms with Crippen LogP contribution in [0.15, 0.2) is 34.3 Å². The Labute approximate surface area is 176 Å². The van der Waals surface area contributed by atoms with Crippen LogP contribution in [-0.4, -0.2) is 47.3 Å². The molecule has 2 atom stereocenters. The highest BCUT2D eigenvalue weighted by Gasteiger charge is 2.23. The maximum Gasteiger partial charge on any atom is 0.153 e. The first-order chi connectivity index (χ1) is 14.4. The van der Waals surface area contributed by atoms with E-state index < -0.39 is 0 Å². The van der Waals surface area contributed by atoms with Gasteiger partial charge in [-0.1, -0.05) is 12.8 Å². The quantitative estimate of drug-likeness (QED) is 0.555. The number of aliphatic imine (C=N–C) groups is 2. The van der Waals surface area contributed by atoms with E-state index in [1.807, 2.05) is 13.8 Å². The van der Waals surface area contributed by atoms with Gasteiger partial charge in [0.1, 0.15) is 11.5 Å². The van der Waals surface area contributed by atoms with Gasteiger partial charge in [-0.15, -0.1) is 0 Å². The Morgan fingerprint density at radius 3 is 1.47 bits per heavy atom. The smallest absolute Gasteiger partial charge is 0.153 e. The van der Waals surface area contributed by atoms with Crippen molar-refractivity contribution in [1.82, 2.24) is 0 Å². The summed E-state index contributed by atoms with van der Waals surface area (Å²) in [6, 6.07) is 6.72. The molecule has 0 aliphatic heterocycles. The second-order valence-corrected chi connectivity index (χ2v) is 7.80. The van der Waals surface area contributed by atoms with E-state index in [9.17, 15) is 19.8 Å². The van der Waals surface area contributed by atoms with E-state index in [0.29, 0.717) is 23.7 Å². The zero-order chi connectivity index (χ0) is 21.7. The molecule has 0 bridgehead atoms. The summed E-state index contributed by atoms with van der Waals surface area (Å²) >= 11 is 0. The van der Waals surface area contributed by atoms with E-state index in [-0.39, 0.29) is 34.7 Å². The molecule has 1 fully saturated rings. The van der Waals surface area contributed by atoms with E-state index >= 15 is 0 Å². The van der Waals surface area contributed by atoms with Gasteiger partial charge < -0.3 is 10.2 Å². The number of hydrogen-bond acceptors (Lipinski definition) is 6. The Hall–Kier alpha value is -3.28. The number of rotatable bonds is 6. The van der Waals surface area contributed by atoms with Gasteiger partial charge in [0, 0.05) is 23.6 Å². The standard InChI is InChI=1S/C24H26N2O4/c1-15-7-17(23(29)19(9-15)13-27)11-25-21-5-3-4-6-22(21)26-12-18-8-16(2)10-20(14-28)24(18)30/h7-14,21-22,29-30H,3-6H2,1-2H3/t21-,22-/m0/s1. The van der Waals surface area contributed by atoms with Crippen LogP contribution in [0.2, 0.25) is 0 Å². The minimum atomic E-state index is -0.0683. The van der Waals surface area contributed by atoms with Crippen LogP contribution in [0.3, 0.4) is 0 Å². The maximum absolute atomic E-state index is 11.1. The topological polar surface area (TPSA) is 99.3 Å². The van der Waals surface area contributed by atoms with Crippen molar-refractivity contribution in [3.8, 4) is 11.5 Å². The molecule has 2 aromatic rings. The summed E-state index contributed by atoms with van der Waals surface area (Å²) in [5.74, 6) is -0.137. The minimum Gasteiger partial charge on any atom is -0.507 e. The lowest BCUT2D eigenvalue weighted by Crippen LogP contribution is -2.27. The number of aryl methyl sites for hydroxylation is 2. The summed E-state index contributed by atoms with van der Waals surface area (Å²) in [5, 5.41) is 20.5. The molecule has 6 nitrogen and oxygen atoms in total. The number of aromatic hydroxyl groups is 2. The van der Waals surface area contributed by atoms with Crippen LogP contribution < -0.4 is 0 Å². The molecule has 2 N–H and O–H groups in total. The molecule has 30 heavy (non-hydrogen) atoms. The normalized spacial score (nSPS) is 19.4. The Bertz CT molecular complexity index is 929. The lowest BCUT2D eigenvalue weighted by Gasteiger charge is -2.25. The second-order valence-electron chi connectivity index (χ2n) is 7.80. The highest BCUT2D eigenvalue weighted by Crippen LogP contribution is 2.27. The van der Waals surface area contributed by atoms with Crippen molar-refractivity contribution in [1.29, 1.82) is 0 Å². The highest BCUT2D eigenvalue weighted by molar-refractivity contribution is 5.91. The van der Waals surface area contributed by atoms with Gasteiger partial charge >= 0.3 is 0 Å². The summed E-state index contributed by atoms with van der Waals surface area (Å²) in [7, 11) is 0. The largest absolute Gasteiger partial charge is 0.507 e. The van der Waals surface area contributed by atoms with Gasteiger partial charge in [-0.2, -0.15) is 0 Å². The molecular weight excluding hydrogens is 380 g/mol. The summed E-state index contributed by atoms with van der Waals surface area (Å²) < 4.78 is 0. The number of phenolic OH excluding ortho intramolecular Hbond substituents is 2. The van der Waals surface area contributed by atoms with Crippen molar-refractivity contribution < 1.29 is 19.8 Å². The Morgan fingerprint density at radius 1 is 0.733 bits per heavy atom. The number of benzene rings is 2. The molecule has 6 heteroatoms. The van der Waals surface area contributed by atoms with Crippen LogP contribution in [0, 0.1) is 13.8 Å². The first kappa shape index (κ1) is 21.4. The number of phenols is 2. The lowest BCUT2D eigenvalue weighted by molar-refractivity contribution is 0.111. The number of aldehydes is 2. The number of hydrogen-bond donors (Lipinski definition) is 2. The lowest BCUT2D eigenvalue weighted by atomic mass is 9.91. The van der Waals surface area contributed by atoms with Gasteiger partial charge in [-0.05, 0) is 62.1 Å². The first-order valence-corrected chi connectivity index (χ1v) is 10.1. The number of nitrogens with zero attached hydrogens (tertiary/aromatic N) is 2. The third-order valence-corrected chi connectivity index (χ3v) is 5.38. The van der Waals surface area contributed by atoms with Crippen LogP contribution >= 0.6 is 0 Å². The predicted octanol–water partition coefficient (Wildman–Crippen LogP) is 4.19. The monoisotopic (exact) mass is 406 g/mol. The number of carbonyl (C=O) groups is 2. The fraction of sp³-hybridized carbons (Fsp3) is 0.333. The second kappa shape index (κ2) is 9.48. The zero-order valence-electron chi connectivity index (χ0n) is 17.2. The highest BCUT2D eigenvalue weighted by atomic mass is 16.3. The average molecular weight is 406 g/mol. The van der Waals surface area contributed by atoms with Gasteiger partial charge in [0.05, 0.1) is 23.2 Å². The van der Waals surface area contributed by atoms with E-state index in [1.54, 1.807) is 36.7 Å². The SMILES string of the molecule is Cc1cc(C=O)c(O)c(C=N[C@H]2CCCC[C@@H]2N=Cc2cc(C)cc(C=O)c2O)c1. The molecule has 0 unspecified atom stereocenters. The minimum absolute atomic E-state index is 0.0629. The van der Waals surface area contributed by atoms with E-state index in [0.717, 1.165) is 36.8 Å². The molecule has 0 saturated heterocycles. The van der Waals surface area contributed by atoms with Crippen molar-refractivity contribution in [2.24, 2.45) is 9.98 Å². The summed E-state index contributed by atoms with van der Waals surface area (Å²) in [6.45, 7) is 3.72. The first-order valence-electron chi connectivity index (χ1n) is 10.1. The third-order valence-electron chi connectivity index (χ3n) is 5.38. The van der Waals surface area contributed by atoms with Crippen molar-refractivity contribution in [3.05, 3.63) is 57.6 Å². The van der Waals surface area contributed by atoms with Crippen LogP contribution in [0.4, 0.5) is 0 Å². The van der Waals surface area contributed by atoms with Crippen molar-refractivity contribution >= 4 is 25.0 Å². The van der Waals surface area contributed by atoms with E-state index in [2.05, 4.69) is 9.98 Å². The molecule has 0 amide bonds. The molecule has 1 aliphatic carbocycles. The van der Waals surface area contributed by atoms with Gasteiger partial charge in [0.15, 0.2) is 12.6 Å². The Kier molecular flexibility index (Phi) is 6.77. The fourth-order valence-electron chi connectivity index (χ4n) is 3.84. The van der Waals surface area contributed by atoms with Crippen molar-refractivity contribution in [2.75, 3.05) is 0 Å². The molecular formula is C24H26N2O4. The maximum atomic E-state index is 11.1. The van der Waals surface area contributed by atoms with Crippen LogP contribution in [0.1, 0.15) is 68.7 Å². The molecule has 1 saturated carbocycles. The molecule has 0 spiro atoms. The Morgan fingerprint density at radius 2 is 1.10 bits per heavy atom. The van der Waals surface area contributed by atoms with Crippen molar-refractivity contribution in [2.45, 2.75) is 51.6 Å². The fourth-order valence-corrected chi connectivity index (χ4v) is 3.84. The molecule has 3 rings (SSSR count). The molecule has 0 radical (unpaired) electrons. The van der Waals surface area contributed by atoms with E-state index in [1.165, 1.54) is 0 Å². The van der Waals surface area contributed by atoms with Gasteiger partial charge in [-0.3, -0.25) is 19.6 Å². The predicted molar refractivity (Wildman–Crippen MR) is 118 cm³/mol. The molecule has 0 aromatic heterocycles. The molecule has 0 heterocycles. The molecule has 2 aromatic carbocycles. The van der Waals surface area contributed by atoms with Crippen LogP contribution in [0.5, 0.6) is 11.5 Å². The Balaban J connectivity index is 1.84. The summed E-state index contributed by atoms with van der Waals surface area (Å²) in [6.07, 6.45) is 8.31. The van der Waals surface area contributed by atoms with Crippen LogP contribution in [-0.2, 0) is 0 Å². The average Bonchev–Trinajstić information content (AvgIpc) is 2.74. The molecule has 156 valence electrons. The van der Waals surface area contributed by atoms with Gasteiger partial charge in [0.2, 0.25) is 0 Å². The summed E-state index contributed by atoms with van der Waals surface area (Å²) in [4.78, 5) is 31.6. The van der Waals surface area contributed by atoms with Crippen molar-refractivity contribution in [3.63, 3.8) is 0 Å². The number of carbonyl (C=O) groups excluding carboxylic acids is 2. The van der Waals surface area contributed by atoms with Crippen LogP contribution in [0.25, 0.3) is 0 Å². The zero-order valence-corrected chi connectivity index (χ0v) is 17.2. The van der Waals surface area contributed by atoms with Gasteiger partial charge in [-0.25, -0.2) is 0 Å². The third kappa shape index (κ3) is 4.82. The summed E-state index contributed by atoms with van der Waals surface area (Å²) in [5.41, 5.74) is 3.26. The van der Waals surface area contributed by atoms with Gasteiger partial charge in [0.25, 0.3) is 0 Å². The van der Waals surface area contributed by atoms with E-state index in [4.69, 9.17) is 0 Å².